The summed E-state index contributed by atoms with van der Waals surface area (Å²) in [6.45, 7) is 2.95. The molecule has 0 saturated heterocycles. The van der Waals surface area contributed by atoms with Crippen molar-refractivity contribution in [3.05, 3.63) is 36.2 Å². The summed E-state index contributed by atoms with van der Waals surface area (Å²) < 4.78 is 5.73. The molecule has 0 bridgehead atoms. The number of para-hydroxylation sites is 1. The number of thioether (sulfide) groups is 1. The Morgan fingerprint density at radius 2 is 2.29 bits per heavy atom. The quantitative estimate of drug-likeness (QED) is 0.886. The fourth-order valence-electron chi connectivity index (χ4n) is 2.01. The zero-order chi connectivity index (χ0) is 11.7. The van der Waals surface area contributed by atoms with Gasteiger partial charge in [-0.1, -0.05) is 36.9 Å². The highest BCUT2D eigenvalue weighted by atomic mass is 32.2. The first-order valence-electron chi connectivity index (χ1n) is 5.58. The second-order valence-corrected chi connectivity index (χ2v) is 5.29. The van der Waals surface area contributed by atoms with Crippen molar-refractivity contribution in [1.82, 2.24) is 15.2 Å². The molecule has 2 heterocycles. The first-order valence-corrected chi connectivity index (χ1v) is 6.46. The highest BCUT2D eigenvalue weighted by Gasteiger charge is 2.29. The van der Waals surface area contributed by atoms with E-state index in [1.165, 1.54) is 11.9 Å². The van der Waals surface area contributed by atoms with E-state index in [-0.39, 0.29) is 0 Å². The zero-order valence-corrected chi connectivity index (χ0v) is 10.3. The van der Waals surface area contributed by atoms with Crippen LogP contribution in [0.5, 0.6) is 5.75 Å². The van der Waals surface area contributed by atoms with Gasteiger partial charge in [-0.25, -0.2) is 4.98 Å². The van der Waals surface area contributed by atoms with Crippen molar-refractivity contribution in [2.45, 2.75) is 17.3 Å². The minimum atomic E-state index is 0.368. The van der Waals surface area contributed by atoms with Crippen LogP contribution in [0, 0.1) is 5.92 Å². The third-order valence-corrected chi connectivity index (χ3v) is 4.27. The highest BCUT2D eigenvalue weighted by molar-refractivity contribution is 7.99. The van der Waals surface area contributed by atoms with E-state index >= 15 is 0 Å². The van der Waals surface area contributed by atoms with E-state index < -0.39 is 0 Å². The van der Waals surface area contributed by atoms with Crippen LogP contribution in [0.2, 0.25) is 0 Å². The van der Waals surface area contributed by atoms with Crippen LogP contribution in [0.25, 0.3) is 0 Å². The lowest BCUT2D eigenvalue weighted by Gasteiger charge is -2.30. The molecule has 2 atom stereocenters. The SMILES string of the molecule is CC1COc2ccccc2C1Sc1ncn[nH]1. The van der Waals surface area contributed by atoms with E-state index in [1.807, 2.05) is 18.2 Å². The number of hydrogen-bond acceptors (Lipinski definition) is 4. The number of fused-ring (bicyclic) bond motifs is 1. The molecule has 1 N–H and O–H groups in total. The number of benzene rings is 1. The Morgan fingerprint density at radius 3 is 3.12 bits per heavy atom. The van der Waals surface area contributed by atoms with E-state index in [1.54, 1.807) is 11.8 Å². The second-order valence-electron chi connectivity index (χ2n) is 4.16. The Balaban J connectivity index is 1.92. The molecule has 0 fully saturated rings. The van der Waals surface area contributed by atoms with E-state index in [0.29, 0.717) is 11.2 Å². The van der Waals surface area contributed by atoms with Crippen molar-refractivity contribution in [2.75, 3.05) is 6.61 Å². The van der Waals surface area contributed by atoms with Gasteiger partial charge in [0.25, 0.3) is 0 Å². The van der Waals surface area contributed by atoms with Gasteiger partial charge in [-0.15, -0.1) is 0 Å². The van der Waals surface area contributed by atoms with Gasteiger partial charge in [0.15, 0.2) is 5.16 Å². The van der Waals surface area contributed by atoms with Gasteiger partial charge in [-0.05, 0) is 6.07 Å². The molecule has 0 amide bonds. The topological polar surface area (TPSA) is 50.8 Å². The average molecular weight is 247 g/mol. The minimum absolute atomic E-state index is 0.368. The fourth-order valence-corrected chi connectivity index (χ4v) is 3.10. The number of aromatic amines is 1. The minimum Gasteiger partial charge on any atom is -0.493 e. The first kappa shape index (κ1) is 10.7. The van der Waals surface area contributed by atoms with Crippen molar-refractivity contribution in [2.24, 2.45) is 5.92 Å². The molecule has 88 valence electrons. The van der Waals surface area contributed by atoms with Gasteiger partial charge < -0.3 is 4.74 Å². The van der Waals surface area contributed by atoms with Crippen LogP contribution in [-0.4, -0.2) is 21.8 Å². The van der Waals surface area contributed by atoms with Gasteiger partial charge in [0.1, 0.15) is 12.1 Å². The molecular weight excluding hydrogens is 234 g/mol. The molecule has 1 aliphatic heterocycles. The summed E-state index contributed by atoms with van der Waals surface area (Å²) in [6.07, 6.45) is 1.54. The Labute approximate surface area is 104 Å². The largest absolute Gasteiger partial charge is 0.493 e. The van der Waals surface area contributed by atoms with Crippen LogP contribution in [0.3, 0.4) is 0 Å². The van der Waals surface area contributed by atoms with Crippen LogP contribution in [0.1, 0.15) is 17.7 Å². The van der Waals surface area contributed by atoms with Crippen molar-refractivity contribution in [3.8, 4) is 5.75 Å². The number of nitrogens with one attached hydrogen (secondary N) is 1. The molecule has 1 aromatic heterocycles. The highest BCUT2D eigenvalue weighted by Crippen LogP contribution is 2.45. The lowest BCUT2D eigenvalue weighted by molar-refractivity contribution is 0.231. The summed E-state index contributed by atoms with van der Waals surface area (Å²) in [7, 11) is 0. The number of rotatable bonds is 2. The average Bonchev–Trinajstić information content (AvgIpc) is 2.86. The van der Waals surface area contributed by atoms with Crippen LogP contribution < -0.4 is 4.74 Å². The predicted octanol–water partition coefficient (Wildman–Crippen LogP) is 2.67. The summed E-state index contributed by atoms with van der Waals surface area (Å²) >= 11 is 1.71. The Kier molecular flexibility index (Phi) is 2.76. The summed E-state index contributed by atoms with van der Waals surface area (Å²) in [6, 6.07) is 8.20. The number of H-pyrrole nitrogens is 1. The molecule has 1 aromatic carbocycles. The Hall–Kier alpha value is -1.49. The maximum atomic E-state index is 5.73. The summed E-state index contributed by atoms with van der Waals surface area (Å²) in [5.74, 6) is 1.45. The van der Waals surface area contributed by atoms with Gasteiger partial charge in [-0.2, -0.15) is 5.10 Å². The van der Waals surface area contributed by atoms with E-state index in [9.17, 15) is 0 Å². The van der Waals surface area contributed by atoms with Gasteiger partial charge in [0.05, 0.1) is 6.61 Å². The predicted molar refractivity (Wildman–Crippen MR) is 66.1 cm³/mol. The monoisotopic (exact) mass is 247 g/mol. The van der Waals surface area contributed by atoms with Crippen LogP contribution in [0.15, 0.2) is 35.7 Å². The molecule has 1 aliphatic rings. The van der Waals surface area contributed by atoms with E-state index in [2.05, 4.69) is 28.2 Å². The molecule has 0 saturated carbocycles. The number of hydrogen-bond donors (Lipinski definition) is 1. The van der Waals surface area contributed by atoms with Crippen molar-refractivity contribution >= 4 is 11.8 Å². The normalized spacial score (nSPS) is 22.9. The van der Waals surface area contributed by atoms with Crippen molar-refractivity contribution < 1.29 is 4.74 Å². The zero-order valence-electron chi connectivity index (χ0n) is 9.46. The van der Waals surface area contributed by atoms with Gasteiger partial charge >= 0.3 is 0 Å². The summed E-state index contributed by atoms with van der Waals surface area (Å²) in [5.41, 5.74) is 1.24. The molecule has 2 unspecified atom stereocenters. The first-order chi connectivity index (χ1) is 8.34. The number of ether oxygens (including phenoxy) is 1. The molecule has 3 rings (SSSR count). The third kappa shape index (κ3) is 2.02. The maximum absolute atomic E-state index is 5.73. The molecule has 5 heteroatoms. The van der Waals surface area contributed by atoms with Gasteiger partial charge in [0, 0.05) is 16.7 Å². The molecule has 0 aliphatic carbocycles. The second kappa shape index (κ2) is 4.41. The third-order valence-electron chi connectivity index (χ3n) is 2.88. The molecule has 0 spiro atoms. The lowest BCUT2D eigenvalue weighted by atomic mass is 9.98. The Morgan fingerprint density at radius 1 is 1.41 bits per heavy atom. The van der Waals surface area contributed by atoms with Crippen molar-refractivity contribution in [3.63, 3.8) is 0 Å². The van der Waals surface area contributed by atoms with Crippen LogP contribution in [0.4, 0.5) is 0 Å². The van der Waals surface area contributed by atoms with E-state index in [4.69, 9.17) is 4.74 Å². The number of nitrogens with zero attached hydrogens (tertiary/aromatic N) is 2. The smallest absolute Gasteiger partial charge is 0.184 e. The van der Waals surface area contributed by atoms with E-state index in [0.717, 1.165) is 17.5 Å². The summed E-state index contributed by atoms with van der Waals surface area (Å²) in [4.78, 5) is 4.17. The van der Waals surface area contributed by atoms with Gasteiger partial charge in [-0.3, -0.25) is 5.10 Å². The molecule has 2 aromatic rings. The lowest BCUT2D eigenvalue weighted by Crippen LogP contribution is -2.21. The van der Waals surface area contributed by atoms with Crippen LogP contribution >= 0.6 is 11.8 Å². The standard InChI is InChI=1S/C12H13N3OS/c1-8-6-16-10-5-3-2-4-9(10)11(8)17-12-13-7-14-15-12/h2-5,7-8,11H,6H2,1H3,(H,13,14,15). The molecule has 4 nitrogen and oxygen atoms in total. The molecule has 0 radical (unpaired) electrons. The molecule has 17 heavy (non-hydrogen) atoms. The fraction of sp³-hybridized carbons (Fsp3) is 0.333. The molecular formula is C12H13N3OS. The number of aromatic nitrogens is 3. The van der Waals surface area contributed by atoms with Crippen molar-refractivity contribution in [1.29, 1.82) is 0 Å². The summed E-state index contributed by atoms with van der Waals surface area (Å²) in [5, 5.41) is 8.01. The van der Waals surface area contributed by atoms with Crippen LogP contribution in [-0.2, 0) is 0 Å². The van der Waals surface area contributed by atoms with Gasteiger partial charge in [0.2, 0.25) is 0 Å². The maximum Gasteiger partial charge on any atom is 0.184 e. The Bertz CT molecular complexity index is 500.